The number of rotatable bonds is 5. The largest absolute Gasteiger partial charge is 0.511 e. The molecule has 1 unspecified atom stereocenters. The molecule has 1 aliphatic rings. The van der Waals surface area contributed by atoms with Gasteiger partial charge in [-0.15, -0.1) is 0 Å². The van der Waals surface area contributed by atoms with E-state index in [4.69, 9.17) is 11.6 Å². The van der Waals surface area contributed by atoms with Crippen LogP contribution in [0.2, 0.25) is 5.02 Å². The molecule has 0 spiro atoms. The van der Waals surface area contributed by atoms with Crippen LogP contribution in [0.5, 0.6) is 0 Å². The van der Waals surface area contributed by atoms with Crippen LogP contribution >= 0.6 is 11.6 Å². The molecule has 2 N–H and O–H groups in total. The minimum atomic E-state index is -0.467. The fourth-order valence-corrected chi connectivity index (χ4v) is 2.72. The number of allylic oxidation sites excluding steroid dienone is 1. The number of amides is 1. The number of hydrogen-bond donors (Lipinski definition) is 2. The molecule has 0 heterocycles. The third-order valence-electron chi connectivity index (χ3n) is 3.82. The summed E-state index contributed by atoms with van der Waals surface area (Å²) in [6.07, 6.45) is 2.32. The number of aliphatic hydroxyl groups is 1. The Balaban J connectivity index is 2.11. The van der Waals surface area contributed by atoms with Gasteiger partial charge in [-0.05, 0) is 30.0 Å². The SMILES string of the molecule is CCCCNC(=O)C1=C(O)CC(c2ccc(Cl)cc2)CC1=O. The van der Waals surface area contributed by atoms with Crippen LogP contribution in [-0.4, -0.2) is 23.3 Å². The quantitative estimate of drug-likeness (QED) is 0.644. The maximum absolute atomic E-state index is 12.2. The summed E-state index contributed by atoms with van der Waals surface area (Å²) >= 11 is 5.85. The van der Waals surface area contributed by atoms with Crippen LogP contribution in [0.25, 0.3) is 0 Å². The monoisotopic (exact) mass is 321 g/mol. The Labute approximate surface area is 135 Å². The summed E-state index contributed by atoms with van der Waals surface area (Å²) in [5.41, 5.74) is 0.857. The van der Waals surface area contributed by atoms with E-state index in [-0.39, 0.29) is 29.5 Å². The van der Waals surface area contributed by atoms with Crippen molar-refractivity contribution in [2.24, 2.45) is 0 Å². The third-order valence-corrected chi connectivity index (χ3v) is 4.08. The first-order valence-electron chi connectivity index (χ1n) is 7.52. The summed E-state index contributed by atoms with van der Waals surface area (Å²) in [6, 6.07) is 7.21. The zero-order valence-corrected chi connectivity index (χ0v) is 13.3. The average molecular weight is 322 g/mol. The van der Waals surface area contributed by atoms with Gasteiger partial charge in [0.05, 0.1) is 0 Å². The zero-order chi connectivity index (χ0) is 16.1. The van der Waals surface area contributed by atoms with Gasteiger partial charge in [-0.3, -0.25) is 9.59 Å². The smallest absolute Gasteiger partial charge is 0.258 e. The van der Waals surface area contributed by atoms with Crippen molar-refractivity contribution in [1.82, 2.24) is 5.32 Å². The molecule has 1 aromatic rings. The van der Waals surface area contributed by atoms with E-state index in [0.29, 0.717) is 18.0 Å². The number of Topliss-reactive ketones (excluding diaryl/α,β-unsaturated/α-hetero) is 1. The van der Waals surface area contributed by atoms with E-state index in [9.17, 15) is 14.7 Å². The molecule has 5 heteroatoms. The van der Waals surface area contributed by atoms with Crippen LogP contribution in [0.3, 0.4) is 0 Å². The Hall–Kier alpha value is -1.81. The van der Waals surface area contributed by atoms with Gasteiger partial charge in [0.2, 0.25) is 0 Å². The van der Waals surface area contributed by atoms with Gasteiger partial charge in [0.1, 0.15) is 11.3 Å². The van der Waals surface area contributed by atoms with Crippen molar-refractivity contribution < 1.29 is 14.7 Å². The van der Waals surface area contributed by atoms with Crippen molar-refractivity contribution in [1.29, 1.82) is 0 Å². The highest BCUT2D eigenvalue weighted by atomic mass is 35.5. The van der Waals surface area contributed by atoms with E-state index in [1.54, 1.807) is 12.1 Å². The number of aliphatic hydroxyl groups excluding tert-OH is 1. The highest BCUT2D eigenvalue weighted by molar-refractivity contribution is 6.30. The number of nitrogens with one attached hydrogen (secondary N) is 1. The van der Waals surface area contributed by atoms with Gasteiger partial charge in [-0.1, -0.05) is 37.1 Å². The number of carbonyl (C=O) groups excluding carboxylic acids is 2. The third kappa shape index (κ3) is 3.89. The van der Waals surface area contributed by atoms with E-state index in [2.05, 4.69) is 5.32 Å². The maximum atomic E-state index is 12.2. The van der Waals surface area contributed by atoms with Crippen molar-refractivity contribution >= 4 is 23.3 Å². The molecule has 1 aliphatic carbocycles. The molecule has 0 saturated heterocycles. The second kappa shape index (κ2) is 7.45. The fourth-order valence-electron chi connectivity index (χ4n) is 2.59. The van der Waals surface area contributed by atoms with Crippen LogP contribution in [0.4, 0.5) is 0 Å². The Bertz CT molecular complexity index is 592. The van der Waals surface area contributed by atoms with Crippen LogP contribution < -0.4 is 5.32 Å². The van der Waals surface area contributed by atoms with Crippen molar-refractivity contribution in [3.8, 4) is 0 Å². The summed E-state index contributed by atoms with van der Waals surface area (Å²) in [5, 5.41) is 13.4. The van der Waals surface area contributed by atoms with Crippen molar-refractivity contribution in [2.45, 2.75) is 38.5 Å². The second-order valence-electron chi connectivity index (χ2n) is 5.51. The summed E-state index contributed by atoms with van der Waals surface area (Å²) in [4.78, 5) is 24.2. The molecule has 22 heavy (non-hydrogen) atoms. The number of unbranched alkanes of at least 4 members (excludes halogenated alkanes) is 1. The summed E-state index contributed by atoms with van der Waals surface area (Å²) in [6.45, 7) is 2.53. The van der Waals surface area contributed by atoms with Gasteiger partial charge in [0, 0.05) is 24.4 Å². The van der Waals surface area contributed by atoms with Crippen molar-refractivity contribution in [3.05, 3.63) is 46.2 Å². The number of hydrogen-bond acceptors (Lipinski definition) is 3. The van der Waals surface area contributed by atoms with Gasteiger partial charge >= 0.3 is 0 Å². The Morgan fingerprint density at radius 3 is 2.59 bits per heavy atom. The number of ketones is 1. The average Bonchev–Trinajstić information content (AvgIpc) is 2.47. The van der Waals surface area contributed by atoms with Crippen LogP contribution in [-0.2, 0) is 9.59 Å². The van der Waals surface area contributed by atoms with Gasteiger partial charge in [0.15, 0.2) is 5.78 Å². The standard InChI is InChI=1S/C17H20ClNO3/c1-2-3-8-19-17(22)16-14(20)9-12(10-15(16)21)11-4-6-13(18)7-5-11/h4-7,12,20H,2-3,8-10H2,1H3,(H,19,22). The molecular weight excluding hydrogens is 302 g/mol. The Morgan fingerprint density at radius 2 is 2.00 bits per heavy atom. The zero-order valence-electron chi connectivity index (χ0n) is 12.6. The Morgan fingerprint density at radius 1 is 1.32 bits per heavy atom. The summed E-state index contributed by atoms with van der Waals surface area (Å²) in [5.74, 6) is -1.01. The molecule has 1 aromatic carbocycles. The molecule has 1 amide bonds. The molecular formula is C17H20ClNO3. The topological polar surface area (TPSA) is 66.4 Å². The van der Waals surface area contributed by atoms with Gasteiger partial charge in [0.25, 0.3) is 5.91 Å². The molecule has 0 aliphatic heterocycles. The van der Waals surface area contributed by atoms with Gasteiger partial charge < -0.3 is 10.4 Å². The lowest BCUT2D eigenvalue weighted by atomic mass is 9.82. The molecule has 1 atom stereocenters. The predicted octanol–water partition coefficient (Wildman–Crippen LogP) is 3.51. The highest BCUT2D eigenvalue weighted by Gasteiger charge is 2.32. The first-order valence-corrected chi connectivity index (χ1v) is 7.89. The minimum absolute atomic E-state index is 0.0821. The van der Waals surface area contributed by atoms with Crippen LogP contribution in [0.1, 0.15) is 44.1 Å². The van der Waals surface area contributed by atoms with Crippen LogP contribution in [0, 0.1) is 0 Å². The summed E-state index contributed by atoms with van der Waals surface area (Å²) in [7, 11) is 0. The lowest BCUT2D eigenvalue weighted by molar-refractivity contribution is -0.123. The minimum Gasteiger partial charge on any atom is -0.511 e. The number of carbonyl (C=O) groups is 2. The molecule has 2 rings (SSSR count). The molecule has 4 nitrogen and oxygen atoms in total. The first-order chi connectivity index (χ1) is 10.5. The van der Waals surface area contributed by atoms with E-state index >= 15 is 0 Å². The highest BCUT2D eigenvalue weighted by Crippen LogP contribution is 2.34. The lowest BCUT2D eigenvalue weighted by Gasteiger charge is -2.23. The van der Waals surface area contributed by atoms with Gasteiger partial charge in [-0.2, -0.15) is 0 Å². The predicted molar refractivity (Wildman–Crippen MR) is 86.0 cm³/mol. The van der Waals surface area contributed by atoms with Crippen molar-refractivity contribution in [3.63, 3.8) is 0 Å². The molecule has 0 radical (unpaired) electrons. The van der Waals surface area contributed by atoms with E-state index in [1.165, 1.54) is 0 Å². The molecule has 0 bridgehead atoms. The van der Waals surface area contributed by atoms with E-state index in [1.807, 2.05) is 19.1 Å². The fraction of sp³-hybridized carbons (Fsp3) is 0.412. The lowest BCUT2D eigenvalue weighted by Crippen LogP contribution is -2.33. The second-order valence-corrected chi connectivity index (χ2v) is 5.95. The number of benzene rings is 1. The summed E-state index contributed by atoms with van der Waals surface area (Å²) < 4.78 is 0. The van der Waals surface area contributed by atoms with Gasteiger partial charge in [-0.25, -0.2) is 0 Å². The maximum Gasteiger partial charge on any atom is 0.258 e. The first kappa shape index (κ1) is 16.6. The van der Waals surface area contributed by atoms with Crippen LogP contribution in [0.15, 0.2) is 35.6 Å². The molecule has 0 saturated carbocycles. The molecule has 118 valence electrons. The normalized spacial score (nSPS) is 18.5. The van der Waals surface area contributed by atoms with E-state index in [0.717, 1.165) is 18.4 Å². The van der Waals surface area contributed by atoms with E-state index < -0.39 is 5.91 Å². The molecule has 0 fully saturated rings. The molecule has 0 aromatic heterocycles. The number of halogens is 1. The van der Waals surface area contributed by atoms with Crippen molar-refractivity contribution in [2.75, 3.05) is 6.54 Å². The Kier molecular flexibility index (Phi) is 5.61.